The van der Waals surface area contributed by atoms with E-state index in [0.717, 1.165) is 25.9 Å². The SMILES string of the molecule is CC(C)(C#N)CCNCCc1ccccc1. The number of rotatable bonds is 6. The zero-order valence-electron chi connectivity index (χ0n) is 10.2. The molecule has 1 aromatic rings. The lowest BCUT2D eigenvalue weighted by molar-refractivity contribution is 0.434. The van der Waals surface area contributed by atoms with E-state index in [0.29, 0.717) is 0 Å². The van der Waals surface area contributed by atoms with Crippen LogP contribution in [-0.2, 0) is 6.42 Å². The van der Waals surface area contributed by atoms with Crippen LogP contribution in [0.3, 0.4) is 0 Å². The van der Waals surface area contributed by atoms with Crippen molar-refractivity contribution in [3.63, 3.8) is 0 Å². The van der Waals surface area contributed by atoms with Gasteiger partial charge in [-0.2, -0.15) is 5.26 Å². The highest BCUT2D eigenvalue weighted by molar-refractivity contribution is 5.14. The number of hydrogen-bond acceptors (Lipinski definition) is 2. The standard InChI is InChI=1S/C14H20N2/c1-14(2,12-15)9-11-16-10-8-13-6-4-3-5-7-13/h3-7,16H,8-11H2,1-2H3. The van der Waals surface area contributed by atoms with Crippen LogP contribution in [0.4, 0.5) is 0 Å². The van der Waals surface area contributed by atoms with Gasteiger partial charge >= 0.3 is 0 Å². The van der Waals surface area contributed by atoms with E-state index in [9.17, 15) is 0 Å². The Morgan fingerprint density at radius 1 is 1.19 bits per heavy atom. The van der Waals surface area contributed by atoms with Crippen LogP contribution >= 0.6 is 0 Å². The molecule has 0 bridgehead atoms. The summed E-state index contributed by atoms with van der Waals surface area (Å²) in [5.74, 6) is 0. The van der Waals surface area contributed by atoms with Crippen LogP contribution in [-0.4, -0.2) is 13.1 Å². The molecule has 0 atom stereocenters. The molecule has 0 aliphatic carbocycles. The Bertz CT molecular complexity index is 336. The first-order valence-electron chi connectivity index (χ1n) is 5.80. The molecule has 16 heavy (non-hydrogen) atoms. The van der Waals surface area contributed by atoms with E-state index < -0.39 is 0 Å². The van der Waals surface area contributed by atoms with E-state index in [2.05, 4.69) is 35.7 Å². The molecule has 2 nitrogen and oxygen atoms in total. The second-order valence-corrected chi connectivity index (χ2v) is 4.73. The topological polar surface area (TPSA) is 35.8 Å². The maximum absolute atomic E-state index is 8.85. The molecule has 1 N–H and O–H groups in total. The van der Waals surface area contributed by atoms with E-state index in [4.69, 9.17) is 5.26 Å². The zero-order valence-corrected chi connectivity index (χ0v) is 10.2. The minimum Gasteiger partial charge on any atom is -0.316 e. The normalized spacial score (nSPS) is 11.1. The van der Waals surface area contributed by atoms with Crippen molar-refractivity contribution in [1.82, 2.24) is 5.32 Å². The summed E-state index contributed by atoms with van der Waals surface area (Å²) in [7, 11) is 0. The largest absolute Gasteiger partial charge is 0.316 e. The van der Waals surface area contributed by atoms with Gasteiger partial charge in [0.05, 0.1) is 11.5 Å². The van der Waals surface area contributed by atoms with Gasteiger partial charge in [-0.15, -0.1) is 0 Å². The fourth-order valence-corrected chi connectivity index (χ4v) is 1.46. The Labute approximate surface area is 98.3 Å². The number of benzene rings is 1. The van der Waals surface area contributed by atoms with Gasteiger partial charge in [-0.05, 0) is 45.3 Å². The highest BCUT2D eigenvalue weighted by Crippen LogP contribution is 2.16. The Balaban J connectivity index is 2.12. The fourth-order valence-electron chi connectivity index (χ4n) is 1.46. The third-order valence-electron chi connectivity index (χ3n) is 2.66. The molecule has 0 aliphatic heterocycles. The third-order valence-corrected chi connectivity index (χ3v) is 2.66. The number of nitrogens with zero attached hydrogens (tertiary/aromatic N) is 1. The minimum absolute atomic E-state index is 0.209. The summed E-state index contributed by atoms with van der Waals surface area (Å²) in [6.07, 6.45) is 1.95. The Hall–Kier alpha value is -1.33. The maximum Gasteiger partial charge on any atom is 0.0684 e. The molecule has 1 aromatic carbocycles. The summed E-state index contributed by atoms with van der Waals surface area (Å²) in [4.78, 5) is 0. The predicted octanol–water partition coefficient (Wildman–Crippen LogP) is 2.76. The molecule has 0 unspecified atom stereocenters. The highest BCUT2D eigenvalue weighted by Gasteiger charge is 2.14. The maximum atomic E-state index is 8.85. The average molecular weight is 216 g/mol. The molecular formula is C14H20N2. The monoisotopic (exact) mass is 216 g/mol. The van der Waals surface area contributed by atoms with E-state index in [1.54, 1.807) is 0 Å². The van der Waals surface area contributed by atoms with Crippen LogP contribution in [0.15, 0.2) is 30.3 Å². The Kier molecular flexibility index (Phi) is 5.01. The molecular weight excluding hydrogens is 196 g/mol. The molecule has 1 rings (SSSR count). The van der Waals surface area contributed by atoms with Crippen LogP contribution < -0.4 is 5.32 Å². The van der Waals surface area contributed by atoms with Gasteiger partial charge in [0.25, 0.3) is 0 Å². The van der Waals surface area contributed by atoms with Crippen LogP contribution in [0.2, 0.25) is 0 Å². The molecule has 0 heterocycles. The van der Waals surface area contributed by atoms with Gasteiger partial charge in [0.15, 0.2) is 0 Å². The summed E-state index contributed by atoms with van der Waals surface area (Å²) in [5.41, 5.74) is 1.15. The van der Waals surface area contributed by atoms with Gasteiger partial charge < -0.3 is 5.32 Å². The molecule has 0 radical (unpaired) electrons. The van der Waals surface area contributed by atoms with Gasteiger partial charge in [-0.3, -0.25) is 0 Å². The third kappa shape index (κ3) is 4.95. The average Bonchev–Trinajstić information content (AvgIpc) is 2.30. The summed E-state index contributed by atoms with van der Waals surface area (Å²) in [6.45, 7) is 5.84. The molecule has 0 aliphatic rings. The lowest BCUT2D eigenvalue weighted by Crippen LogP contribution is -2.23. The zero-order chi connectivity index (χ0) is 11.9. The van der Waals surface area contributed by atoms with Crippen LogP contribution in [0.5, 0.6) is 0 Å². The van der Waals surface area contributed by atoms with Crippen LogP contribution in [0.1, 0.15) is 25.8 Å². The van der Waals surface area contributed by atoms with Crippen LogP contribution in [0.25, 0.3) is 0 Å². The molecule has 0 spiro atoms. The molecule has 0 fully saturated rings. The Morgan fingerprint density at radius 2 is 1.88 bits per heavy atom. The van der Waals surface area contributed by atoms with Gasteiger partial charge in [0.1, 0.15) is 0 Å². The van der Waals surface area contributed by atoms with Gasteiger partial charge in [0, 0.05) is 0 Å². The molecule has 86 valence electrons. The molecule has 0 amide bonds. The van der Waals surface area contributed by atoms with E-state index in [1.807, 2.05) is 19.9 Å². The van der Waals surface area contributed by atoms with Crippen molar-refractivity contribution >= 4 is 0 Å². The van der Waals surface area contributed by atoms with Gasteiger partial charge in [-0.1, -0.05) is 30.3 Å². The first kappa shape index (κ1) is 12.7. The second-order valence-electron chi connectivity index (χ2n) is 4.73. The smallest absolute Gasteiger partial charge is 0.0684 e. The van der Waals surface area contributed by atoms with Gasteiger partial charge in [0.2, 0.25) is 0 Å². The second kappa shape index (κ2) is 6.30. The predicted molar refractivity (Wildman–Crippen MR) is 67.0 cm³/mol. The molecule has 2 heteroatoms. The summed E-state index contributed by atoms with van der Waals surface area (Å²) in [5, 5.41) is 12.2. The minimum atomic E-state index is -0.209. The molecule has 0 saturated heterocycles. The van der Waals surface area contributed by atoms with E-state index in [1.165, 1.54) is 5.56 Å². The lowest BCUT2D eigenvalue weighted by Gasteiger charge is -2.14. The number of hydrogen-bond donors (Lipinski definition) is 1. The van der Waals surface area contributed by atoms with Crippen molar-refractivity contribution < 1.29 is 0 Å². The fraction of sp³-hybridized carbons (Fsp3) is 0.500. The quantitative estimate of drug-likeness (QED) is 0.742. The Morgan fingerprint density at radius 3 is 2.50 bits per heavy atom. The summed E-state index contributed by atoms with van der Waals surface area (Å²) >= 11 is 0. The number of nitriles is 1. The lowest BCUT2D eigenvalue weighted by atomic mass is 9.91. The van der Waals surface area contributed by atoms with Crippen molar-refractivity contribution in [3.05, 3.63) is 35.9 Å². The summed E-state index contributed by atoms with van der Waals surface area (Å²) in [6, 6.07) is 12.8. The van der Waals surface area contributed by atoms with Crippen LogP contribution in [0, 0.1) is 16.7 Å². The van der Waals surface area contributed by atoms with Gasteiger partial charge in [-0.25, -0.2) is 0 Å². The van der Waals surface area contributed by atoms with E-state index in [-0.39, 0.29) is 5.41 Å². The van der Waals surface area contributed by atoms with Crippen molar-refractivity contribution in [2.24, 2.45) is 5.41 Å². The van der Waals surface area contributed by atoms with Crippen molar-refractivity contribution in [1.29, 1.82) is 5.26 Å². The van der Waals surface area contributed by atoms with Crippen molar-refractivity contribution in [3.8, 4) is 6.07 Å². The molecule has 0 aromatic heterocycles. The van der Waals surface area contributed by atoms with Crippen molar-refractivity contribution in [2.45, 2.75) is 26.7 Å². The highest BCUT2D eigenvalue weighted by atomic mass is 14.8. The first-order valence-corrected chi connectivity index (χ1v) is 5.80. The molecule has 0 saturated carbocycles. The first-order chi connectivity index (χ1) is 7.64. The summed E-state index contributed by atoms with van der Waals surface area (Å²) < 4.78 is 0. The van der Waals surface area contributed by atoms with Crippen molar-refractivity contribution in [2.75, 3.05) is 13.1 Å². The van der Waals surface area contributed by atoms with E-state index >= 15 is 0 Å². The number of nitrogens with one attached hydrogen (secondary N) is 1.